The number of hydrogen-bond donors (Lipinski definition) is 1. The van der Waals surface area contributed by atoms with Crippen molar-refractivity contribution in [2.24, 2.45) is 5.41 Å². The van der Waals surface area contributed by atoms with Crippen LogP contribution in [0.25, 0.3) is 0 Å². The van der Waals surface area contributed by atoms with Gasteiger partial charge < -0.3 is 10.0 Å². The molecule has 1 aliphatic rings. The van der Waals surface area contributed by atoms with Crippen molar-refractivity contribution in [1.29, 1.82) is 0 Å². The van der Waals surface area contributed by atoms with E-state index in [4.69, 9.17) is 0 Å². The highest BCUT2D eigenvalue weighted by molar-refractivity contribution is 6.38. The van der Waals surface area contributed by atoms with E-state index in [0.29, 0.717) is 38.5 Å². The summed E-state index contributed by atoms with van der Waals surface area (Å²) in [5.74, 6) is -2.63. The zero-order chi connectivity index (χ0) is 24.1. The maximum atomic E-state index is 13.5. The first-order valence-electron chi connectivity index (χ1n) is 11.9. The SMILES string of the molecule is CCC(C)(C)C(=O)C(=O)N1CCCC[C@@]1(C(=O)O)[C@@H](CCc1ccccc1)c1ccccc1. The normalized spacial score (nSPS) is 19.7. The molecular formula is C28H35NO4. The molecule has 1 aliphatic heterocycles. The summed E-state index contributed by atoms with van der Waals surface area (Å²) in [5, 5.41) is 10.7. The second-order valence-corrected chi connectivity index (χ2v) is 9.70. The molecule has 1 N–H and O–H groups in total. The highest BCUT2D eigenvalue weighted by Gasteiger charge is 2.55. The van der Waals surface area contributed by atoms with E-state index in [0.717, 1.165) is 11.1 Å². The molecule has 0 saturated carbocycles. The Balaban J connectivity index is 2.07. The predicted octanol–water partition coefficient (Wildman–Crippen LogP) is 5.24. The quantitative estimate of drug-likeness (QED) is 0.531. The average Bonchev–Trinajstić information content (AvgIpc) is 2.84. The van der Waals surface area contributed by atoms with Crippen LogP contribution >= 0.6 is 0 Å². The number of ketones is 1. The third-order valence-corrected chi connectivity index (χ3v) is 7.32. The molecule has 0 aliphatic carbocycles. The summed E-state index contributed by atoms with van der Waals surface area (Å²) in [6.45, 7) is 5.66. The van der Waals surface area contributed by atoms with E-state index in [2.05, 4.69) is 0 Å². The lowest BCUT2D eigenvalue weighted by Gasteiger charge is -2.49. The van der Waals surface area contributed by atoms with Crippen LogP contribution in [0.2, 0.25) is 0 Å². The van der Waals surface area contributed by atoms with E-state index in [1.165, 1.54) is 4.90 Å². The Morgan fingerprint density at radius 3 is 2.18 bits per heavy atom. The van der Waals surface area contributed by atoms with Gasteiger partial charge in [-0.15, -0.1) is 0 Å². The molecule has 0 radical (unpaired) electrons. The largest absolute Gasteiger partial charge is 0.479 e. The van der Waals surface area contributed by atoms with E-state index < -0.39 is 34.5 Å². The lowest BCUT2D eigenvalue weighted by atomic mass is 9.69. The number of rotatable bonds is 9. The lowest BCUT2D eigenvalue weighted by Crippen LogP contribution is -2.64. The molecule has 0 spiro atoms. The minimum Gasteiger partial charge on any atom is -0.479 e. The summed E-state index contributed by atoms with van der Waals surface area (Å²) in [6.07, 6.45) is 3.50. The molecule has 1 heterocycles. The van der Waals surface area contributed by atoms with Crippen LogP contribution in [0.4, 0.5) is 0 Å². The molecular weight excluding hydrogens is 414 g/mol. The van der Waals surface area contributed by atoms with Crippen LogP contribution in [0, 0.1) is 5.41 Å². The number of amides is 1. The van der Waals surface area contributed by atoms with E-state index in [9.17, 15) is 19.5 Å². The maximum Gasteiger partial charge on any atom is 0.330 e. The second kappa shape index (κ2) is 10.3. The summed E-state index contributed by atoms with van der Waals surface area (Å²) >= 11 is 0. The van der Waals surface area contributed by atoms with E-state index in [-0.39, 0.29) is 6.54 Å². The number of carboxylic acids is 1. The number of aryl methyl sites for hydroxylation is 1. The highest BCUT2D eigenvalue weighted by Crippen LogP contribution is 2.44. The predicted molar refractivity (Wildman–Crippen MR) is 129 cm³/mol. The first-order valence-corrected chi connectivity index (χ1v) is 11.9. The van der Waals surface area contributed by atoms with Gasteiger partial charge >= 0.3 is 5.97 Å². The van der Waals surface area contributed by atoms with E-state index in [1.807, 2.05) is 67.6 Å². The third-order valence-electron chi connectivity index (χ3n) is 7.32. The molecule has 2 aromatic rings. The standard InChI is InChI=1S/C28H35NO4/c1-4-27(2,3)24(30)25(31)29-20-12-11-19-28(29,26(32)33)23(22-15-9-6-10-16-22)18-17-21-13-7-5-8-14-21/h5-10,13-16,23H,4,11-12,17-20H2,1-3H3,(H,32,33)/t23-,28-/m0/s1. The zero-order valence-corrected chi connectivity index (χ0v) is 19.9. The molecule has 2 atom stereocenters. The van der Waals surface area contributed by atoms with Gasteiger partial charge in [-0.2, -0.15) is 0 Å². The highest BCUT2D eigenvalue weighted by atomic mass is 16.4. The van der Waals surface area contributed by atoms with Crippen molar-refractivity contribution in [2.45, 2.75) is 70.8 Å². The Bertz CT molecular complexity index is 970. The van der Waals surface area contributed by atoms with Crippen molar-refractivity contribution in [1.82, 2.24) is 4.90 Å². The number of likely N-dealkylation sites (tertiary alicyclic amines) is 1. The Kier molecular flexibility index (Phi) is 7.72. The molecule has 2 aromatic carbocycles. The van der Waals surface area contributed by atoms with Gasteiger partial charge in [0, 0.05) is 17.9 Å². The average molecular weight is 450 g/mol. The van der Waals surface area contributed by atoms with Gasteiger partial charge in [0.1, 0.15) is 5.54 Å². The van der Waals surface area contributed by atoms with Gasteiger partial charge in [-0.05, 0) is 49.7 Å². The molecule has 1 saturated heterocycles. The molecule has 0 unspecified atom stereocenters. The van der Waals surface area contributed by atoms with Gasteiger partial charge in [-0.1, -0.05) is 81.4 Å². The summed E-state index contributed by atoms with van der Waals surface area (Å²) in [6, 6.07) is 19.6. The molecule has 0 aromatic heterocycles. The van der Waals surface area contributed by atoms with Crippen LogP contribution in [0.1, 0.15) is 69.9 Å². The molecule has 1 amide bonds. The molecule has 5 heteroatoms. The van der Waals surface area contributed by atoms with Gasteiger partial charge in [-0.3, -0.25) is 9.59 Å². The zero-order valence-electron chi connectivity index (χ0n) is 19.9. The topological polar surface area (TPSA) is 74.7 Å². The minimum atomic E-state index is -1.45. The Morgan fingerprint density at radius 1 is 1.00 bits per heavy atom. The number of carbonyl (C=O) groups excluding carboxylic acids is 2. The lowest BCUT2D eigenvalue weighted by molar-refractivity contribution is -0.168. The van der Waals surface area contributed by atoms with Crippen LogP contribution in [-0.2, 0) is 20.8 Å². The number of nitrogens with zero attached hydrogens (tertiary/aromatic N) is 1. The van der Waals surface area contributed by atoms with Crippen molar-refractivity contribution in [3.8, 4) is 0 Å². The second-order valence-electron chi connectivity index (χ2n) is 9.70. The molecule has 1 fully saturated rings. The van der Waals surface area contributed by atoms with Gasteiger partial charge in [0.25, 0.3) is 5.91 Å². The maximum absolute atomic E-state index is 13.5. The number of carboxylic acid groups (broad SMARTS) is 1. The first kappa shape index (κ1) is 24.7. The van der Waals surface area contributed by atoms with Crippen LogP contribution in [0.3, 0.4) is 0 Å². The summed E-state index contributed by atoms with van der Waals surface area (Å²) in [4.78, 5) is 41.2. The fraction of sp³-hybridized carbons (Fsp3) is 0.464. The van der Waals surface area contributed by atoms with Crippen LogP contribution in [0.5, 0.6) is 0 Å². The van der Waals surface area contributed by atoms with Gasteiger partial charge in [-0.25, -0.2) is 4.79 Å². The van der Waals surface area contributed by atoms with Crippen molar-refractivity contribution in [3.63, 3.8) is 0 Å². The minimum absolute atomic E-state index is 0.283. The van der Waals surface area contributed by atoms with E-state index in [1.54, 1.807) is 13.8 Å². The van der Waals surface area contributed by atoms with Crippen molar-refractivity contribution in [2.75, 3.05) is 6.54 Å². The van der Waals surface area contributed by atoms with E-state index >= 15 is 0 Å². The summed E-state index contributed by atoms with van der Waals surface area (Å²) in [5.41, 5.74) is -0.274. The number of Topliss-reactive ketones (excluding diaryl/α,β-unsaturated/α-hetero) is 1. The fourth-order valence-corrected chi connectivity index (χ4v) is 4.91. The Morgan fingerprint density at radius 2 is 1.61 bits per heavy atom. The molecule has 0 bridgehead atoms. The number of piperidine rings is 1. The van der Waals surface area contributed by atoms with Crippen LogP contribution in [-0.4, -0.2) is 39.7 Å². The van der Waals surface area contributed by atoms with Gasteiger partial charge in [0.2, 0.25) is 5.78 Å². The molecule has 176 valence electrons. The Hall–Kier alpha value is -2.95. The van der Waals surface area contributed by atoms with Crippen molar-refractivity contribution >= 4 is 17.7 Å². The van der Waals surface area contributed by atoms with Crippen molar-refractivity contribution < 1.29 is 19.5 Å². The van der Waals surface area contributed by atoms with Gasteiger partial charge in [0.05, 0.1) is 0 Å². The van der Waals surface area contributed by atoms with Crippen LogP contribution in [0.15, 0.2) is 60.7 Å². The summed E-state index contributed by atoms with van der Waals surface area (Å²) < 4.78 is 0. The van der Waals surface area contributed by atoms with Crippen molar-refractivity contribution in [3.05, 3.63) is 71.8 Å². The number of carbonyl (C=O) groups is 3. The number of aliphatic carboxylic acids is 1. The Labute approximate surface area is 196 Å². The number of hydrogen-bond acceptors (Lipinski definition) is 3. The fourth-order valence-electron chi connectivity index (χ4n) is 4.91. The number of benzene rings is 2. The molecule has 5 nitrogen and oxygen atoms in total. The van der Waals surface area contributed by atoms with Gasteiger partial charge in [0.15, 0.2) is 0 Å². The molecule has 33 heavy (non-hydrogen) atoms. The monoisotopic (exact) mass is 449 g/mol. The third kappa shape index (κ3) is 5.02. The summed E-state index contributed by atoms with van der Waals surface area (Å²) in [7, 11) is 0. The molecule has 3 rings (SSSR count). The van der Waals surface area contributed by atoms with Crippen LogP contribution < -0.4 is 0 Å². The smallest absolute Gasteiger partial charge is 0.330 e. The first-order chi connectivity index (χ1) is 15.7.